The Hall–Kier alpha value is -4.57. The zero-order valence-electron chi connectivity index (χ0n) is 21.6. The molecule has 0 saturated heterocycles. The molecule has 0 aromatic heterocycles. The molecule has 0 aliphatic carbocycles. The molecule has 12 nitrogen and oxygen atoms in total. The summed E-state index contributed by atoms with van der Waals surface area (Å²) in [6.45, 7) is 0. The lowest BCUT2D eigenvalue weighted by atomic mass is 10.2. The van der Waals surface area contributed by atoms with Gasteiger partial charge in [-0.2, -0.15) is 15.3 Å². The third kappa shape index (κ3) is 14.2. The number of hydrogen-bond donors (Lipinski definition) is 6. The Labute approximate surface area is 263 Å². The van der Waals surface area contributed by atoms with Gasteiger partial charge in [-0.15, -0.1) is 15.3 Å². The van der Waals surface area contributed by atoms with Crippen molar-refractivity contribution in [1.29, 1.82) is 0 Å². The predicted octanol–water partition coefficient (Wildman–Crippen LogP) is 3.91. The maximum atomic E-state index is 12.9. The van der Waals surface area contributed by atoms with Gasteiger partial charge < -0.3 is 34.4 Å². The monoisotopic (exact) mass is 676 g/mol. The fourth-order valence-corrected chi connectivity index (χ4v) is 3.07. The first-order chi connectivity index (χ1) is 20.2. The third-order valence-electron chi connectivity index (χ3n) is 4.11. The largest absolute Gasteiger partial charge is 0.369 e. The van der Waals surface area contributed by atoms with Gasteiger partial charge in [0.1, 0.15) is 5.82 Å². The van der Waals surface area contributed by atoms with Gasteiger partial charge in [0.15, 0.2) is 11.6 Å². The second-order valence-corrected chi connectivity index (χ2v) is 8.98. The highest BCUT2D eigenvalue weighted by molar-refractivity contribution is 6.35. The molecule has 0 aliphatic heterocycles. The smallest absolute Gasteiger partial charge is 0.211 e. The Morgan fingerprint density at radius 1 is 0.558 bits per heavy atom. The average molecular weight is 678 g/mol. The average Bonchev–Trinajstić information content (AvgIpc) is 2.93. The predicted molar refractivity (Wildman–Crippen MR) is 169 cm³/mol. The Bertz CT molecular complexity index is 1540. The first-order valence-electron chi connectivity index (χ1n) is 11.1. The molecule has 43 heavy (non-hydrogen) atoms. The van der Waals surface area contributed by atoms with E-state index >= 15 is 0 Å². The van der Waals surface area contributed by atoms with Crippen LogP contribution >= 0.6 is 46.4 Å². The summed E-state index contributed by atoms with van der Waals surface area (Å²) in [6, 6.07) is 11.6. The van der Waals surface area contributed by atoms with Gasteiger partial charge in [0.25, 0.3) is 0 Å². The van der Waals surface area contributed by atoms with E-state index in [-0.39, 0.29) is 33.5 Å². The number of nitrogens with two attached hydrogens (primary N) is 6. The van der Waals surface area contributed by atoms with Crippen LogP contribution in [-0.2, 0) is 0 Å². The summed E-state index contributed by atoms with van der Waals surface area (Å²) in [5.74, 6) is -3.21. The van der Waals surface area contributed by atoms with Crippen molar-refractivity contribution in [3.63, 3.8) is 0 Å². The minimum atomic E-state index is -1.13. The van der Waals surface area contributed by atoms with Gasteiger partial charge in [0.05, 0.1) is 28.7 Å². The maximum absolute atomic E-state index is 12.9. The maximum Gasteiger partial charge on any atom is 0.211 e. The molecule has 0 fully saturated rings. The van der Waals surface area contributed by atoms with E-state index in [1.807, 2.05) is 0 Å². The first kappa shape index (κ1) is 36.5. The fraction of sp³-hybridized carbons (Fsp3) is 0. The van der Waals surface area contributed by atoms with Gasteiger partial charge in [0.2, 0.25) is 17.9 Å². The molecule has 0 heterocycles. The Balaban J connectivity index is 0.000000323. The van der Waals surface area contributed by atoms with Gasteiger partial charge in [-0.3, -0.25) is 0 Å². The zero-order valence-corrected chi connectivity index (χ0v) is 24.7. The van der Waals surface area contributed by atoms with Crippen molar-refractivity contribution in [3.05, 3.63) is 103 Å². The molecule has 3 rings (SSSR count). The van der Waals surface area contributed by atoms with Crippen molar-refractivity contribution in [2.24, 2.45) is 65.0 Å². The summed E-state index contributed by atoms with van der Waals surface area (Å²) in [6.07, 6.45) is 3.81. The van der Waals surface area contributed by atoms with Crippen LogP contribution in [0.1, 0.15) is 16.7 Å². The molecule has 0 unspecified atom stereocenters. The molecule has 0 bridgehead atoms. The number of nitrogens with zero attached hydrogens (tertiary/aromatic N) is 6. The van der Waals surface area contributed by atoms with E-state index < -0.39 is 17.5 Å². The lowest BCUT2D eigenvalue weighted by molar-refractivity contribution is 0.509. The summed E-state index contributed by atoms with van der Waals surface area (Å²) in [4.78, 5) is 0. The van der Waals surface area contributed by atoms with Crippen molar-refractivity contribution < 1.29 is 13.2 Å². The Morgan fingerprint density at radius 3 is 1.56 bits per heavy atom. The van der Waals surface area contributed by atoms with Crippen LogP contribution in [-0.4, -0.2) is 36.5 Å². The standard InChI is InChI=1S/C8H8Cl2N4.C8H7ClF2N4.C8H8ClFN4/c9-6-1-2-7(10)5(3-6)4-13-14-8(11)12;9-6-4(3-14-15-8(12)13)1-2-5(10)7(6)11;9-7-5(2-1-3-6(7)10)4-13-14-8(11)12/h1-4H,(H4,11,12,14);1-3H,(H4,12,13,15);1-4H,(H4,11,12,14)/b13-4+;14-3+;13-4+. The van der Waals surface area contributed by atoms with E-state index in [1.54, 1.807) is 24.3 Å². The first-order valence-corrected chi connectivity index (χ1v) is 12.6. The van der Waals surface area contributed by atoms with Crippen molar-refractivity contribution in [1.82, 2.24) is 0 Å². The minimum Gasteiger partial charge on any atom is -0.369 e. The number of guanidine groups is 3. The molecule has 0 spiro atoms. The number of benzene rings is 3. The van der Waals surface area contributed by atoms with E-state index in [2.05, 4.69) is 30.6 Å². The normalized spacial score (nSPS) is 10.5. The molecule has 228 valence electrons. The molecule has 0 amide bonds. The number of hydrogen-bond acceptors (Lipinski definition) is 6. The Morgan fingerprint density at radius 2 is 1.05 bits per heavy atom. The molecule has 0 atom stereocenters. The molecule has 19 heteroatoms. The number of halogens is 7. The van der Waals surface area contributed by atoms with Crippen LogP contribution in [0.2, 0.25) is 20.1 Å². The van der Waals surface area contributed by atoms with Crippen LogP contribution in [0.4, 0.5) is 13.2 Å². The highest BCUT2D eigenvalue weighted by atomic mass is 35.5. The fourth-order valence-electron chi connectivity index (χ4n) is 2.35. The third-order valence-corrected chi connectivity index (χ3v) is 5.48. The van der Waals surface area contributed by atoms with E-state index in [9.17, 15) is 13.2 Å². The zero-order chi connectivity index (χ0) is 32.5. The highest BCUT2D eigenvalue weighted by Gasteiger charge is 2.09. The summed E-state index contributed by atoms with van der Waals surface area (Å²) < 4.78 is 38.4. The van der Waals surface area contributed by atoms with Gasteiger partial charge in [-0.25, -0.2) is 13.2 Å². The van der Waals surface area contributed by atoms with Crippen LogP contribution in [0, 0.1) is 17.5 Å². The summed E-state index contributed by atoms with van der Waals surface area (Å²) >= 11 is 22.7. The van der Waals surface area contributed by atoms with Crippen LogP contribution in [0.5, 0.6) is 0 Å². The SMILES string of the molecule is NC(N)=N/N=C/c1cc(Cl)ccc1Cl.NC(N)=N/N=C/c1ccc(F)c(F)c1Cl.NC(N)=N/N=C/c1cccc(F)c1Cl. The van der Waals surface area contributed by atoms with Gasteiger partial charge in [0, 0.05) is 26.7 Å². The lowest BCUT2D eigenvalue weighted by Gasteiger charge is -1.99. The van der Waals surface area contributed by atoms with E-state index in [1.165, 1.54) is 30.6 Å². The van der Waals surface area contributed by atoms with Crippen molar-refractivity contribution >= 4 is 82.9 Å². The Kier molecular flexibility index (Phi) is 15.9. The van der Waals surface area contributed by atoms with E-state index in [4.69, 9.17) is 80.8 Å². The second kappa shape index (κ2) is 18.8. The molecule has 0 radical (unpaired) electrons. The molecule has 3 aromatic rings. The summed E-state index contributed by atoms with van der Waals surface area (Å²) in [5, 5.41) is 21.3. The van der Waals surface area contributed by atoms with Crippen LogP contribution < -0.4 is 34.4 Å². The molecule has 3 aromatic carbocycles. The molecule has 12 N–H and O–H groups in total. The van der Waals surface area contributed by atoms with Crippen LogP contribution in [0.3, 0.4) is 0 Å². The van der Waals surface area contributed by atoms with Crippen LogP contribution in [0.25, 0.3) is 0 Å². The van der Waals surface area contributed by atoms with Gasteiger partial charge in [-0.05, 0) is 36.4 Å². The highest BCUT2D eigenvalue weighted by Crippen LogP contribution is 2.21. The van der Waals surface area contributed by atoms with Crippen molar-refractivity contribution in [2.45, 2.75) is 0 Å². The molecular weight excluding hydrogens is 655 g/mol. The summed E-state index contributed by atoms with van der Waals surface area (Å²) in [5.41, 5.74) is 31.5. The van der Waals surface area contributed by atoms with Gasteiger partial charge >= 0.3 is 0 Å². The minimum absolute atomic E-state index is 0.0120. The van der Waals surface area contributed by atoms with E-state index in [0.717, 1.165) is 12.3 Å². The molecule has 0 saturated carbocycles. The molecule has 0 aliphatic rings. The summed E-state index contributed by atoms with van der Waals surface area (Å²) in [7, 11) is 0. The number of rotatable bonds is 6. The van der Waals surface area contributed by atoms with Crippen molar-refractivity contribution in [2.75, 3.05) is 0 Å². The van der Waals surface area contributed by atoms with Gasteiger partial charge in [-0.1, -0.05) is 58.5 Å². The molecular formula is C24H23Cl4F3N12. The van der Waals surface area contributed by atoms with E-state index in [0.29, 0.717) is 21.2 Å². The topological polar surface area (TPSA) is 230 Å². The quantitative estimate of drug-likeness (QED) is 0.0979. The van der Waals surface area contributed by atoms with Crippen LogP contribution in [0.15, 0.2) is 79.1 Å². The lowest BCUT2D eigenvalue weighted by Crippen LogP contribution is -2.21. The van der Waals surface area contributed by atoms with Crippen molar-refractivity contribution in [3.8, 4) is 0 Å². The second-order valence-electron chi connectivity index (χ2n) is 7.38.